The van der Waals surface area contributed by atoms with E-state index in [2.05, 4.69) is 15.4 Å². The molecule has 1 N–H and O–H groups in total. The van der Waals surface area contributed by atoms with Crippen molar-refractivity contribution in [2.45, 2.75) is 13.0 Å². The van der Waals surface area contributed by atoms with Crippen molar-refractivity contribution in [1.82, 2.24) is 19.9 Å². The summed E-state index contributed by atoms with van der Waals surface area (Å²) in [7, 11) is 0. The zero-order valence-electron chi connectivity index (χ0n) is 8.47. The van der Waals surface area contributed by atoms with Crippen LogP contribution >= 0.6 is 0 Å². The summed E-state index contributed by atoms with van der Waals surface area (Å²) in [4.78, 5) is 4.25. The molecule has 1 fully saturated rings. The van der Waals surface area contributed by atoms with Crippen LogP contribution in [0, 0.1) is 6.92 Å². The van der Waals surface area contributed by atoms with Crippen molar-refractivity contribution >= 4 is 5.65 Å². The lowest BCUT2D eigenvalue weighted by atomic mass is 10.2. The van der Waals surface area contributed by atoms with Gasteiger partial charge in [-0.25, -0.2) is 9.50 Å². The van der Waals surface area contributed by atoms with Crippen molar-refractivity contribution in [2.75, 3.05) is 13.1 Å². The molecule has 3 heterocycles. The minimum Gasteiger partial charge on any atom is -0.486 e. The summed E-state index contributed by atoms with van der Waals surface area (Å²) < 4.78 is 7.46. The molecular formula is C10H12N4O. The molecule has 0 radical (unpaired) electrons. The fourth-order valence-corrected chi connectivity index (χ4v) is 1.58. The Balaban J connectivity index is 1.90. The minimum absolute atomic E-state index is 0.298. The Morgan fingerprint density at radius 1 is 1.47 bits per heavy atom. The lowest BCUT2D eigenvalue weighted by Crippen LogP contribution is -2.50. The molecule has 0 amide bonds. The second-order valence-corrected chi connectivity index (χ2v) is 3.72. The second-order valence-electron chi connectivity index (χ2n) is 3.72. The lowest BCUT2D eigenvalue weighted by Gasteiger charge is -2.27. The van der Waals surface area contributed by atoms with Crippen molar-refractivity contribution in [1.29, 1.82) is 0 Å². The summed E-state index contributed by atoms with van der Waals surface area (Å²) in [6.07, 6.45) is 2.17. The van der Waals surface area contributed by atoms with Crippen LogP contribution in [0.5, 0.6) is 5.75 Å². The number of ether oxygens (including phenoxy) is 1. The smallest absolute Gasteiger partial charge is 0.155 e. The van der Waals surface area contributed by atoms with Gasteiger partial charge in [0.25, 0.3) is 0 Å². The van der Waals surface area contributed by atoms with Crippen LogP contribution in [0.15, 0.2) is 18.3 Å². The van der Waals surface area contributed by atoms with Gasteiger partial charge in [0.05, 0.1) is 6.20 Å². The summed E-state index contributed by atoms with van der Waals surface area (Å²) in [6, 6.07) is 3.85. The molecule has 78 valence electrons. The molecule has 0 atom stereocenters. The second kappa shape index (κ2) is 3.20. The molecule has 0 spiro atoms. The van der Waals surface area contributed by atoms with Crippen LogP contribution in [0.1, 0.15) is 5.82 Å². The van der Waals surface area contributed by atoms with E-state index in [1.165, 1.54) is 0 Å². The van der Waals surface area contributed by atoms with Crippen LogP contribution in [-0.2, 0) is 0 Å². The third kappa shape index (κ3) is 1.55. The summed E-state index contributed by atoms with van der Waals surface area (Å²) in [5.74, 6) is 1.62. The number of nitrogens with one attached hydrogen (secondary N) is 1. The molecular weight excluding hydrogens is 192 g/mol. The first-order valence-corrected chi connectivity index (χ1v) is 5.02. The van der Waals surface area contributed by atoms with Gasteiger partial charge in [0.1, 0.15) is 17.7 Å². The number of pyridine rings is 1. The molecule has 15 heavy (non-hydrogen) atoms. The van der Waals surface area contributed by atoms with Crippen molar-refractivity contribution in [2.24, 2.45) is 0 Å². The van der Waals surface area contributed by atoms with Gasteiger partial charge in [0.15, 0.2) is 5.65 Å². The molecule has 1 aliphatic heterocycles. The molecule has 5 heteroatoms. The number of fused-ring (bicyclic) bond motifs is 1. The summed E-state index contributed by atoms with van der Waals surface area (Å²) >= 11 is 0. The zero-order chi connectivity index (χ0) is 10.3. The fraction of sp³-hybridized carbons (Fsp3) is 0.400. The minimum atomic E-state index is 0.298. The molecule has 0 saturated carbocycles. The number of hydrogen-bond donors (Lipinski definition) is 1. The highest BCUT2D eigenvalue weighted by Crippen LogP contribution is 2.14. The van der Waals surface area contributed by atoms with Gasteiger partial charge in [-0.2, -0.15) is 5.10 Å². The van der Waals surface area contributed by atoms with Crippen molar-refractivity contribution in [3.63, 3.8) is 0 Å². The number of hydrogen-bond acceptors (Lipinski definition) is 4. The third-order valence-electron chi connectivity index (χ3n) is 2.46. The number of nitrogens with zero attached hydrogens (tertiary/aromatic N) is 3. The predicted octanol–water partition coefficient (Wildman–Crippen LogP) is 0.388. The van der Waals surface area contributed by atoms with Crippen LogP contribution in [0.25, 0.3) is 5.65 Å². The van der Waals surface area contributed by atoms with Crippen LogP contribution in [0.3, 0.4) is 0 Å². The van der Waals surface area contributed by atoms with Gasteiger partial charge in [-0.05, 0) is 19.1 Å². The Kier molecular flexibility index (Phi) is 1.85. The Labute approximate surface area is 87.1 Å². The highest BCUT2D eigenvalue weighted by atomic mass is 16.5. The summed E-state index contributed by atoms with van der Waals surface area (Å²) in [6.45, 7) is 3.73. The Morgan fingerprint density at radius 2 is 2.33 bits per heavy atom. The summed E-state index contributed by atoms with van der Waals surface area (Å²) in [5.41, 5.74) is 0.853. The van der Waals surface area contributed by atoms with Gasteiger partial charge in [-0.15, -0.1) is 0 Å². The quantitative estimate of drug-likeness (QED) is 0.768. The average molecular weight is 204 g/mol. The van der Waals surface area contributed by atoms with Crippen LogP contribution < -0.4 is 10.1 Å². The first-order chi connectivity index (χ1) is 7.31. The van der Waals surface area contributed by atoms with Gasteiger partial charge in [-0.1, -0.05) is 0 Å². The number of rotatable bonds is 2. The number of aromatic nitrogens is 3. The first kappa shape index (κ1) is 8.67. The molecule has 1 aliphatic rings. The molecule has 1 saturated heterocycles. The maximum atomic E-state index is 5.72. The molecule has 2 aromatic heterocycles. The van der Waals surface area contributed by atoms with Gasteiger partial charge in [-0.3, -0.25) is 0 Å². The van der Waals surface area contributed by atoms with Gasteiger partial charge >= 0.3 is 0 Å². The van der Waals surface area contributed by atoms with E-state index in [4.69, 9.17) is 4.74 Å². The molecule has 0 aromatic carbocycles. The van der Waals surface area contributed by atoms with E-state index in [1.807, 2.05) is 25.3 Å². The van der Waals surface area contributed by atoms with E-state index < -0.39 is 0 Å². The molecule has 3 rings (SSSR count). The molecule has 0 unspecified atom stereocenters. The fourth-order valence-electron chi connectivity index (χ4n) is 1.58. The highest BCUT2D eigenvalue weighted by molar-refractivity contribution is 5.40. The van der Waals surface area contributed by atoms with Gasteiger partial charge in [0.2, 0.25) is 0 Å². The first-order valence-electron chi connectivity index (χ1n) is 5.02. The van der Waals surface area contributed by atoms with Crippen molar-refractivity contribution in [3.05, 3.63) is 24.2 Å². The van der Waals surface area contributed by atoms with Crippen molar-refractivity contribution in [3.8, 4) is 5.75 Å². The van der Waals surface area contributed by atoms with Crippen LogP contribution in [0.2, 0.25) is 0 Å². The normalized spacial score (nSPS) is 16.6. The third-order valence-corrected chi connectivity index (χ3v) is 2.46. The molecule has 2 aromatic rings. The van der Waals surface area contributed by atoms with E-state index in [1.54, 1.807) is 4.52 Å². The molecule has 5 nitrogen and oxygen atoms in total. The Bertz CT molecular complexity index is 489. The monoisotopic (exact) mass is 204 g/mol. The average Bonchev–Trinajstić information content (AvgIpc) is 2.50. The topological polar surface area (TPSA) is 51.5 Å². The lowest BCUT2D eigenvalue weighted by molar-refractivity contribution is 0.141. The van der Waals surface area contributed by atoms with E-state index in [-0.39, 0.29) is 0 Å². The van der Waals surface area contributed by atoms with Crippen LogP contribution in [-0.4, -0.2) is 33.8 Å². The van der Waals surface area contributed by atoms with Crippen molar-refractivity contribution < 1.29 is 4.74 Å². The highest BCUT2D eigenvalue weighted by Gasteiger charge is 2.18. The maximum absolute atomic E-state index is 5.72. The zero-order valence-corrected chi connectivity index (χ0v) is 8.47. The largest absolute Gasteiger partial charge is 0.486 e. The van der Waals surface area contributed by atoms with E-state index in [0.29, 0.717) is 6.10 Å². The van der Waals surface area contributed by atoms with Gasteiger partial charge < -0.3 is 10.1 Å². The SMILES string of the molecule is Cc1nc2ccc(OC3CNC3)cn2n1. The standard InChI is InChI=1S/C10H12N4O/c1-7-12-10-3-2-8(6-14(10)13-7)15-9-4-11-5-9/h2-3,6,9,11H,4-5H2,1H3. The van der Waals surface area contributed by atoms with E-state index in [9.17, 15) is 0 Å². The molecule has 0 bridgehead atoms. The number of aryl methyl sites for hydroxylation is 1. The van der Waals surface area contributed by atoms with Gasteiger partial charge in [0, 0.05) is 13.1 Å². The van der Waals surface area contributed by atoms with E-state index >= 15 is 0 Å². The van der Waals surface area contributed by atoms with Crippen LogP contribution in [0.4, 0.5) is 0 Å². The summed E-state index contributed by atoms with van der Waals surface area (Å²) in [5, 5.41) is 7.40. The predicted molar refractivity (Wildman–Crippen MR) is 55.0 cm³/mol. The maximum Gasteiger partial charge on any atom is 0.155 e. The molecule has 0 aliphatic carbocycles. The Hall–Kier alpha value is -1.62. The van der Waals surface area contributed by atoms with E-state index in [0.717, 1.165) is 30.3 Å². The Morgan fingerprint density at radius 3 is 3.07 bits per heavy atom.